The molecule has 0 amide bonds. The summed E-state index contributed by atoms with van der Waals surface area (Å²) in [6, 6.07) is 7.46. The van der Waals surface area contributed by atoms with Gasteiger partial charge in [-0.1, -0.05) is 5.16 Å². The Morgan fingerprint density at radius 1 is 1.26 bits per heavy atom. The molecule has 1 N–H and O–H groups in total. The Morgan fingerprint density at radius 2 is 2.16 bits per heavy atom. The summed E-state index contributed by atoms with van der Waals surface area (Å²) in [6.45, 7) is 0.390. The fourth-order valence-corrected chi connectivity index (χ4v) is 1.87. The predicted octanol–water partition coefficient (Wildman–Crippen LogP) is 2.37. The second-order valence-electron chi connectivity index (χ2n) is 4.08. The van der Waals surface area contributed by atoms with Gasteiger partial charge in [-0.05, 0) is 12.1 Å². The molecular formula is C13H13N3O3. The molecule has 2 heterocycles. The molecule has 0 unspecified atom stereocenters. The summed E-state index contributed by atoms with van der Waals surface area (Å²) < 4.78 is 15.3. The van der Waals surface area contributed by atoms with Crippen LogP contribution < -0.4 is 4.74 Å². The number of benzene rings is 1. The zero-order valence-electron chi connectivity index (χ0n) is 10.6. The molecule has 6 heteroatoms. The number of ether oxygens (including phenoxy) is 2. The van der Waals surface area contributed by atoms with Crippen molar-refractivity contribution in [1.29, 1.82) is 0 Å². The Morgan fingerprint density at radius 3 is 2.95 bits per heavy atom. The van der Waals surface area contributed by atoms with E-state index in [0.29, 0.717) is 23.9 Å². The van der Waals surface area contributed by atoms with Gasteiger partial charge in [0, 0.05) is 19.2 Å². The van der Waals surface area contributed by atoms with Crippen LogP contribution in [-0.2, 0) is 11.3 Å². The van der Waals surface area contributed by atoms with Crippen LogP contribution in [0.1, 0.15) is 5.76 Å². The molecule has 6 nitrogen and oxygen atoms in total. The maximum Gasteiger partial charge on any atom is 0.163 e. The second kappa shape index (κ2) is 4.74. The quantitative estimate of drug-likeness (QED) is 0.778. The van der Waals surface area contributed by atoms with Crippen LogP contribution in [0.2, 0.25) is 0 Å². The van der Waals surface area contributed by atoms with Crippen molar-refractivity contribution >= 4 is 11.0 Å². The van der Waals surface area contributed by atoms with E-state index in [-0.39, 0.29) is 0 Å². The van der Waals surface area contributed by atoms with Gasteiger partial charge in [-0.3, -0.25) is 0 Å². The van der Waals surface area contributed by atoms with Crippen LogP contribution in [0.5, 0.6) is 5.75 Å². The van der Waals surface area contributed by atoms with Gasteiger partial charge in [-0.2, -0.15) is 0 Å². The van der Waals surface area contributed by atoms with Gasteiger partial charge in [-0.15, -0.1) is 0 Å². The van der Waals surface area contributed by atoms with Gasteiger partial charge >= 0.3 is 0 Å². The maximum atomic E-state index is 5.17. The minimum atomic E-state index is 0.390. The molecule has 0 atom stereocenters. The molecule has 3 rings (SSSR count). The molecular weight excluding hydrogens is 246 g/mol. The van der Waals surface area contributed by atoms with E-state index in [2.05, 4.69) is 15.1 Å². The molecule has 0 saturated carbocycles. The molecule has 98 valence electrons. The number of rotatable bonds is 4. The molecule has 1 aromatic carbocycles. The summed E-state index contributed by atoms with van der Waals surface area (Å²) in [6.07, 6.45) is 0. The monoisotopic (exact) mass is 259 g/mol. The van der Waals surface area contributed by atoms with Crippen molar-refractivity contribution < 1.29 is 14.0 Å². The average molecular weight is 259 g/mol. The largest absolute Gasteiger partial charge is 0.497 e. The summed E-state index contributed by atoms with van der Waals surface area (Å²) in [5.74, 6) is 2.10. The molecule has 0 saturated heterocycles. The number of aromatic nitrogens is 3. The second-order valence-corrected chi connectivity index (χ2v) is 4.08. The lowest BCUT2D eigenvalue weighted by molar-refractivity contribution is 0.156. The standard InChI is InChI=1S/C13H13N3O3/c1-17-7-9-6-12(16-19-9)13-14-10-4-3-8(18-2)5-11(10)15-13/h3-6H,7H2,1-2H3,(H,14,15). The minimum absolute atomic E-state index is 0.390. The highest BCUT2D eigenvalue weighted by Gasteiger charge is 2.11. The molecule has 0 bridgehead atoms. The fraction of sp³-hybridized carbons (Fsp3) is 0.231. The number of hydrogen-bond donors (Lipinski definition) is 1. The number of imidazole rings is 1. The highest BCUT2D eigenvalue weighted by atomic mass is 16.5. The van der Waals surface area contributed by atoms with Crippen molar-refractivity contribution in [1.82, 2.24) is 15.1 Å². The summed E-state index contributed by atoms with van der Waals surface area (Å²) >= 11 is 0. The molecule has 0 aliphatic rings. The van der Waals surface area contributed by atoms with Crippen LogP contribution in [0.3, 0.4) is 0 Å². The van der Waals surface area contributed by atoms with Crippen LogP contribution >= 0.6 is 0 Å². The van der Waals surface area contributed by atoms with Gasteiger partial charge in [0.2, 0.25) is 0 Å². The zero-order valence-corrected chi connectivity index (χ0v) is 10.6. The Bertz CT molecular complexity index is 702. The maximum absolute atomic E-state index is 5.17. The molecule has 2 aromatic heterocycles. The lowest BCUT2D eigenvalue weighted by atomic mass is 10.3. The number of H-pyrrole nitrogens is 1. The van der Waals surface area contributed by atoms with E-state index in [1.807, 2.05) is 18.2 Å². The third-order valence-corrected chi connectivity index (χ3v) is 2.78. The highest BCUT2D eigenvalue weighted by Crippen LogP contribution is 2.23. The fourth-order valence-electron chi connectivity index (χ4n) is 1.87. The third kappa shape index (κ3) is 2.17. The molecule has 0 spiro atoms. The number of aromatic amines is 1. The average Bonchev–Trinajstić information content (AvgIpc) is 3.03. The molecule has 0 fully saturated rings. The molecule has 0 radical (unpaired) electrons. The molecule has 0 aliphatic carbocycles. The van der Waals surface area contributed by atoms with Crippen LogP contribution in [0, 0.1) is 0 Å². The van der Waals surface area contributed by atoms with Crippen LogP contribution in [-0.4, -0.2) is 29.3 Å². The minimum Gasteiger partial charge on any atom is -0.497 e. The van der Waals surface area contributed by atoms with Crippen LogP contribution in [0.25, 0.3) is 22.6 Å². The van der Waals surface area contributed by atoms with Crippen molar-refractivity contribution in [3.63, 3.8) is 0 Å². The Hall–Kier alpha value is -2.34. The summed E-state index contributed by atoms with van der Waals surface area (Å²) in [5.41, 5.74) is 2.40. The van der Waals surface area contributed by atoms with Gasteiger partial charge in [0.1, 0.15) is 18.1 Å². The predicted molar refractivity (Wildman–Crippen MR) is 68.9 cm³/mol. The number of methoxy groups -OCH3 is 2. The lowest BCUT2D eigenvalue weighted by Crippen LogP contribution is -1.82. The lowest BCUT2D eigenvalue weighted by Gasteiger charge is -1.96. The van der Waals surface area contributed by atoms with E-state index in [1.54, 1.807) is 20.3 Å². The number of fused-ring (bicyclic) bond motifs is 1. The van der Waals surface area contributed by atoms with E-state index in [1.165, 1.54) is 0 Å². The normalized spacial score (nSPS) is 11.1. The number of hydrogen-bond acceptors (Lipinski definition) is 5. The SMILES string of the molecule is COCc1cc(-c2nc3ccc(OC)cc3[nH]2)no1. The van der Waals surface area contributed by atoms with Crippen molar-refractivity contribution in [2.75, 3.05) is 14.2 Å². The van der Waals surface area contributed by atoms with Crippen molar-refractivity contribution in [2.24, 2.45) is 0 Å². The van der Waals surface area contributed by atoms with Crippen LogP contribution in [0.15, 0.2) is 28.8 Å². The van der Waals surface area contributed by atoms with Gasteiger partial charge in [0.25, 0.3) is 0 Å². The van der Waals surface area contributed by atoms with E-state index >= 15 is 0 Å². The summed E-state index contributed by atoms with van der Waals surface area (Å²) in [4.78, 5) is 7.64. The Balaban J connectivity index is 1.99. The van der Waals surface area contributed by atoms with E-state index in [4.69, 9.17) is 14.0 Å². The molecule has 0 aliphatic heterocycles. The van der Waals surface area contributed by atoms with Crippen molar-refractivity contribution in [2.45, 2.75) is 6.61 Å². The van der Waals surface area contributed by atoms with Gasteiger partial charge in [0.15, 0.2) is 11.6 Å². The summed E-state index contributed by atoms with van der Waals surface area (Å²) in [5, 5.41) is 3.96. The first-order valence-corrected chi connectivity index (χ1v) is 5.79. The van der Waals surface area contributed by atoms with E-state index in [0.717, 1.165) is 16.8 Å². The molecule has 3 aromatic rings. The van der Waals surface area contributed by atoms with Gasteiger partial charge in [-0.25, -0.2) is 4.98 Å². The van der Waals surface area contributed by atoms with Gasteiger partial charge in [0.05, 0.1) is 18.1 Å². The molecule has 19 heavy (non-hydrogen) atoms. The van der Waals surface area contributed by atoms with Crippen LogP contribution in [0.4, 0.5) is 0 Å². The third-order valence-electron chi connectivity index (χ3n) is 2.78. The van der Waals surface area contributed by atoms with Gasteiger partial charge < -0.3 is 19.0 Å². The zero-order chi connectivity index (χ0) is 13.2. The summed E-state index contributed by atoms with van der Waals surface area (Å²) in [7, 11) is 3.24. The smallest absolute Gasteiger partial charge is 0.163 e. The topological polar surface area (TPSA) is 73.2 Å². The van der Waals surface area contributed by atoms with E-state index in [9.17, 15) is 0 Å². The Kier molecular flexibility index (Phi) is 2.92. The number of nitrogens with one attached hydrogen (secondary N) is 1. The highest BCUT2D eigenvalue weighted by molar-refractivity contribution is 5.80. The first-order valence-electron chi connectivity index (χ1n) is 5.79. The van der Waals surface area contributed by atoms with Crippen molar-refractivity contribution in [3.05, 3.63) is 30.0 Å². The van der Waals surface area contributed by atoms with Crippen molar-refractivity contribution in [3.8, 4) is 17.3 Å². The first kappa shape index (κ1) is 11.7. The number of nitrogens with zero attached hydrogens (tertiary/aromatic N) is 2. The first-order chi connectivity index (χ1) is 9.30. The Labute approximate surface area is 109 Å². The van der Waals surface area contributed by atoms with E-state index < -0.39 is 0 Å².